The molecule has 0 bridgehead atoms. The number of hydrogen-bond acceptors (Lipinski definition) is 2. The van der Waals surface area contributed by atoms with Crippen LogP contribution in [0.5, 0.6) is 0 Å². The topological polar surface area (TPSA) is 6.48 Å². The Kier molecular flexibility index (Phi) is 5.43. The van der Waals surface area contributed by atoms with Gasteiger partial charge in [-0.05, 0) is 95.8 Å². The maximum absolute atomic E-state index is 2.78. The van der Waals surface area contributed by atoms with Gasteiger partial charge in [0.2, 0.25) is 0 Å². The summed E-state index contributed by atoms with van der Waals surface area (Å²) in [5.41, 5.74) is 1.21. The Hall–Kier alpha value is -0.0800. The first kappa shape index (κ1) is 17.7. The molecule has 3 aliphatic rings. The fourth-order valence-corrected chi connectivity index (χ4v) is 5.96. The highest BCUT2D eigenvalue weighted by atomic mass is 15.2. The van der Waals surface area contributed by atoms with Crippen LogP contribution in [0.2, 0.25) is 0 Å². The molecule has 2 aliphatic carbocycles. The first-order valence-corrected chi connectivity index (χ1v) is 10.4. The first-order chi connectivity index (χ1) is 11.0. The van der Waals surface area contributed by atoms with Crippen molar-refractivity contribution in [3.05, 3.63) is 0 Å². The summed E-state index contributed by atoms with van der Waals surface area (Å²) in [4.78, 5) is 5.40. The van der Waals surface area contributed by atoms with E-state index in [0.717, 1.165) is 11.8 Å². The van der Waals surface area contributed by atoms with Crippen LogP contribution < -0.4 is 0 Å². The molecule has 3 fully saturated rings. The second-order valence-electron chi connectivity index (χ2n) is 9.69. The molecule has 1 heterocycles. The molecule has 0 aromatic heterocycles. The summed E-state index contributed by atoms with van der Waals surface area (Å²) in [6.45, 7) is 8.82. The zero-order chi connectivity index (χ0) is 16.5. The van der Waals surface area contributed by atoms with Gasteiger partial charge in [0.05, 0.1) is 0 Å². The Labute approximate surface area is 145 Å². The summed E-state index contributed by atoms with van der Waals surface area (Å²) in [6, 6.07) is 0. The summed E-state index contributed by atoms with van der Waals surface area (Å²) in [5.74, 6) is 1.83. The van der Waals surface area contributed by atoms with E-state index >= 15 is 0 Å². The Morgan fingerprint density at radius 1 is 1.00 bits per heavy atom. The number of nitrogens with zero attached hydrogens (tertiary/aromatic N) is 2. The van der Waals surface area contributed by atoms with Crippen LogP contribution in [0.3, 0.4) is 0 Å². The molecule has 0 N–H and O–H groups in total. The van der Waals surface area contributed by atoms with Gasteiger partial charge in [0.25, 0.3) is 0 Å². The average Bonchev–Trinajstić information content (AvgIpc) is 3.17. The van der Waals surface area contributed by atoms with Crippen molar-refractivity contribution < 1.29 is 0 Å². The Bertz CT molecular complexity index is 373. The molecule has 0 aromatic carbocycles. The molecule has 2 saturated carbocycles. The molecule has 23 heavy (non-hydrogen) atoms. The van der Waals surface area contributed by atoms with Gasteiger partial charge in [-0.25, -0.2) is 0 Å². The molecule has 0 amide bonds. The van der Waals surface area contributed by atoms with E-state index in [-0.39, 0.29) is 0 Å². The minimum Gasteiger partial charge on any atom is -0.303 e. The van der Waals surface area contributed by atoms with Gasteiger partial charge in [0.15, 0.2) is 0 Å². The van der Waals surface area contributed by atoms with Crippen LogP contribution in [-0.4, -0.2) is 49.1 Å². The second-order valence-corrected chi connectivity index (χ2v) is 9.69. The molecule has 0 aromatic rings. The van der Waals surface area contributed by atoms with E-state index in [4.69, 9.17) is 0 Å². The van der Waals surface area contributed by atoms with Crippen LogP contribution in [-0.2, 0) is 0 Å². The summed E-state index contributed by atoms with van der Waals surface area (Å²) in [5, 5.41) is 0. The average molecular weight is 321 g/mol. The predicted octanol–water partition coefficient (Wildman–Crippen LogP) is 4.79. The minimum absolute atomic E-state index is 0.535. The normalized spacial score (nSPS) is 36.8. The maximum Gasteiger partial charge on any atom is 0.0232 e. The lowest BCUT2D eigenvalue weighted by atomic mass is 9.62. The maximum atomic E-state index is 2.78. The lowest BCUT2D eigenvalue weighted by molar-refractivity contribution is -0.00230. The predicted molar refractivity (Wildman–Crippen MR) is 99.8 cm³/mol. The molecule has 1 saturated heterocycles. The zero-order valence-corrected chi connectivity index (χ0v) is 16.2. The quantitative estimate of drug-likeness (QED) is 0.718. The molecule has 1 spiro atoms. The summed E-state index contributed by atoms with van der Waals surface area (Å²) in [7, 11) is 4.72. The van der Waals surface area contributed by atoms with E-state index in [0.29, 0.717) is 11.0 Å². The van der Waals surface area contributed by atoms with E-state index in [1.54, 1.807) is 0 Å². The van der Waals surface area contributed by atoms with Crippen LogP contribution in [0.1, 0.15) is 78.1 Å². The molecule has 0 atom stereocenters. The summed E-state index contributed by atoms with van der Waals surface area (Å²) in [6.07, 6.45) is 14.7. The van der Waals surface area contributed by atoms with E-state index < -0.39 is 0 Å². The number of hydrogen-bond donors (Lipinski definition) is 0. The van der Waals surface area contributed by atoms with Crippen molar-refractivity contribution in [3.8, 4) is 0 Å². The Morgan fingerprint density at radius 2 is 1.65 bits per heavy atom. The highest BCUT2D eigenvalue weighted by Crippen LogP contribution is 2.53. The zero-order valence-electron chi connectivity index (χ0n) is 16.2. The van der Waals surface area contributed by atoms with Crippen molar-refractivity contribution in [2.75, 3.05) is 33.7 Å². The van der Waals surface area contributed by atoms with E-state index in [1.165, 1.54) is 83.8 Å². The lowest BCUT2D eigenvalue weighted by Gasteiger charge is -2.52. The molecule has 0 unspecified atom stereocenters. The molecule has 1 aliphatic heterocycles. The molecule has 2 nitrogen and oxygen atoms in total. The Balaban J connectivity index is 1.59. The van der Waals surface area contributed by atoms with Crippen LogP contribution in [0, 0.1) is 17.3 Å². The number of rotatable bonds is 5. The van der Waals surface area contributed by atoms with Gasteiger partial charge in [-0.15, -0.1) is 0 Å². The molecule has 3 rings (SSSR count). The van der Waals surface area contributed by atoms with Crippen molar-refractivity contribution in [2.45, 2.75) is 83.6 Å². The van der Waals surface area contributed by atoms with Crippen molar-refractivity contribution in [3.63, 3.8) is 0 Å². The standard InChI is InChI=1S/C21H40N2/c1-18(2)9-15-23-16-14-20(17-23)10-12-21(13-11-20,22(3)4)19-7-5-6-8-19/h18-19H,5-17H2,1-4H3. The second kappa shape index (κ2) is 7.04. The molecule has 134 valence electrons. The fraction of sp³-hybridized carbons (Fsp3) is 1.00. The van der Waals surface area contributed by atoms with Gasteiger partial charge in [0, 0.05) is 12.1 Å². The summed E-state index contributed by atoms with van der Waals surface area (Å²) >= 11 is 0. The number of likely N-dealkylation sites (tertiary alicyclic amines) is 1. The van der Waals surface area contributed by atoms with Crippen molar-refractivity contribution in [1.82, 2.24) is 9.80 Å². The largest absolute Gasteiger partial charge is 0.303 e. The van der Waals surface area contributed by atoms with Gasteiger partial charge in [0.1, 0.15) is 0 Å². The lowest BCUT2D eigenvalue weighted by Crippen LogP contribution is -2.54. The smallest absolute Gasteiger partial charge is 0.0232 e. The first-order valence-electron chi connectivity index (χ1n) is 10.4. The van der Waals surface area contributed by atoms with Crippen LogP contribution in [0.25, 0.3) is 0 Å². The van der Waals surface area contributed by atoms with Gasteiger partial charge in [-0.1, -0.05) is 26.7 Å². The van der Waals surface area contributed by atoms with Crippen molar-refractivity contribution in [1.29, 1.82) is 0 Å². The third kappa shape index (κ3) is 3.63. The third-order valence-corrected chi connectivity index (χ3v) is 7.72. The molecule has 0 radical (unpaired) electrons. The van der Waals surface area contributed by atoms with Crippen LogP contribution in [0.4, 0.5) is 0 Å². The van der Waals surface area contributed by atoms with E-state index in [2.05, 4.69) is 37.7 Å². The van der Waals surface area contributed by atoms with Crippen LogP contribution in [0.15, 0.2) is 0 Å². The molecular weight excluding hydrogens is 280 g/mol. The van der Waals surface area contributed by atoms with E-state index in [9.17, 15) is 0 Å². The van der Waals surface area contributed by atoms with Crippen molar-refractivity contribution in [2.24, 2.45) is 17.3 Å². The van der Waals surface area contributed by atoms with Crippen LogP contribution >= 0.6 is 0 Å². The minimum atomic E-state index is 0.535. The monoisotopic (exact) mass is 320 g/mol. The van der Waals surface area contributed by atoms with Gasteiger partial charge >= 0.3 is 0 Å². The fourth-order valence-electron chi connectivity index (χ4n) is 5.96. The van der Waals surface area contributed by atoms with Gasteiger partial charge in [-0.2, -0.15) is 0 Å². The molecular formula is C21H40N2. The highest BCUT2D eigenvalue weighted by molar-refractivity contribution is 5.04. The van der Waals surface area contributed by atoms with Crippen molar-refractivity contribution >= 4 is 0 Å². The summed E-state index contributed by atoms with van der Waals surface area (Å²) < 4.78 is 0. The van der Waals surface area contributed by atoms with Gasteiger partial charge < -0.3 is 9.80 Å². The van der Waals surface area contributed by atoms with E-state index in [1.807, 2.05) is 0 Å². The Morgan fingerprint density at radius 3 is 2.22 bits per heavy atom. The highest BCUT2D eigenvalue weighted by Gasteiger charge is 2.50. The SMILES string of the molecule is CC(C)CCN1CCC2(CCC(C3CCCC3)(N(C)C)CC2)C1. The van der Waals surface area contributed by atoms with Gasteiger partial charge in [-0.3, -0.25) is 0 Å². The third-order valence-electron chi connectivity index (χ3n) is 7.72. The molecule has 2 heteroatoms.